The van der Waals surface area contributed by atoms with Crippen molar-refractivity contribution < 1.29 is 5.11 Å². The highest BCUT2D eigenvalue weighted by Gasteiger charge is 2.05. The van der Waals surface area contributed by atoms with Crippen LogP contribution in [0.1, 0.15) is 16.8 Å². The van der Waals surface area contributed by atoms with Gasteiger partial charge in [-0.25, -0.2) is 0 Å². The van der Waals surface area contributed by atoms with Gasteiger partial charge in [-0.2, -0.15) is 0 Å². The summed E-state index contributed by atoms with van der Waals surface area (Å²) in [5, 5.41) is 17.4. The number of para-hydroxylation sites is 1. The van der Waals surface area contributed by atoms with Crippen LogP contribution in [0.25, 0.3) is 10.9 Å². The highest BCUT2D eigenvalue weighted by atomic mass is 16.3. The molecule has 0 saturated carbocycles. The Balaban J connectivity index is 1.39. The highest BCUT2D eigenvalue weighted by molar-refractivity contribution is 5.83. The lowest BCUT2D eigenvalue weighted by molar-refractivity contribution is 0.277. The predicted molar refractivity (Wildman–Crippen MR) is 115 cm³/mol. The van der Waals surface area contributed by atoms with Gasteiger partial charge in [-0.15, -0.1) is 0 Å². The summed E-state index contributed by atoms with van der Waals surface area (Å²) in [5.41, 5.74) is 7.41. The minimum atomic E-state index is -0.0617. The second-order valence-corrected chi connectivity index (χ2v) is 6.88. The van der Waals surface area contributed by atoms with Crippen molar-refractivity contribution in [3.8, 4) is 0 Å². The quantitative estimate of drug-likeness (QED) is 0.377. The van der Waals surface area contributed by atoms with Crippen LogP contribution in [0, 0.1) is 6.92 Å². The van der Waals surface area contributed by atoms with Gasteiger partial charge in [0.05, 0.1) is 12.3 Å². The number of aromatic amines is 1. The molecular weight excluding hydrogens is 348 g/mol. The van der Waals surface area contributed by atoms with E-state index in [1.165, 1.54) is 22.0 Å². The molecule has 0 amide bonds. The molecule has 0 aliphatic rings. The number of hydrogen-bond acceptors (Lipinski definition) is 4. The lowest BCUT2D eigenvalue weighted by Crippen LogP contribution is -2.06. The Morgan fingerprint density at radius 1 is 1.04 bits per heavy atom. The van der Waals surface area contributed by atoms with Crippen LogP contribution < -0.4 is 10.6 Å². The van der Waals surface area contributed by atoms with Gasteiger partial charge in [0, 0.05) is 46.9 Å². The van der Waals surface area contributed by atoms with E-state index in [4.69, 9.17) is 0 Å². The summed E-state index contributed by atoms with van der Waals surface area (Å²) < 4.78 is 0. The number of nitrogens with zero attached hydrogens (tertiary/aromatic N) is 1. The smallest absolute Gasteiger partial charge is 0.0853 e. The van der Waals surface area contributed by atoms with Crippen LogP contribution in [0.5, 0.6) is 0 Å². The molecule has 4 aromatic rings. The second kappa shape index (κ2) is 8.15. The van der Waals surface area contributed by atoms with Gasteiger partial charge < -0.3 is 20.7 Å². The van der Waals surface area contributed by atoms with Crippen molar-refractivity contribution in [3.63, 3.8) is 0 Å². The average Bonchev–Trinajstić information content (AvgIpc) is 3.13. The topological polar surface area (TPSA) is 73.0 Å². The standard InChI is InChI=1S/C23H24N4O/c1-16-12-18(27-19-9-11-24-20(13-19)15-28)6-7-22(16)25-10-8-17-14-26-23-5-3-2-4-21(17)23/h2-7,9,11-14,25-26,28H,8,10,15H2,1H3,(H,24,27). The molecule has 4 rings (SSSR count). The Morgan fingerprint density at radius 2 is 1.89 bits per heavy atom. The first-order chi connectivity index (χ1) is 13.7. The lowest BCUT2D eigenvalue weighted by atomic mass is 10.1. The van der Waals surface area contributed by atoms with Gasteiger partial charge in [-0.05, 0) is 60.9 Å². The van der Waals surface area contributed by atoms with E-state index in [1.54, 1.807) is 6.20 Å². The molecule has 0 atom stereocenters. The Hall–Kier alpha value is -3.31. The van der Waals surface area contributed by atoms with Crippen molar-refractivity contribution in [2.45, 2.75) is 20.0 Å². The van der Waals surface area contributed by atoms with E-state index in [0.29, 0.717) is 5.69 Å². The molecule has 0 aliphatic heterocycles. The SMILES string of the molecule is Cc1cc(Nc2ccnc(CO)c2)ccc1NCCc1c[nH]c2ccccc12. The Bertz CT molecular complexity index is 1090. The predicted octanol–water partition coefficient (Wildman–Crippen LogP) is 4.76. The third-order valence-electron chi connectivity index (χ3n) is 4.88. The van der Waals surface area contributed by atoms with Crippen LogP contribution in [0.3, 0.4) is 0 Å². The monoisotopic (exact) mass is 372 g/mol. The fourth-order valence-electron chi connectivity index (χ4n) is 3.42. The summed E-state index contributed by atoms with van der Waals surface area (Å²) >= 11 is 0. The first-order valence-electron chi connectivity index (χ1n) is 9.45. The zero-order valence-electron chi connectivity index (χ0n) is 15.9. The van der Waals surface area contributed by atoms with Gasteiger partial charge in [0.1, 0.15) is 0 Å². The minimum absolute atomic E-state index is 0.0617. The van der Waals surface area contributed by atoms with E-state index < -0.39 is 0 Å². The molecule has 28 heavy (non-hydrogen) atoms. The molecule has 4 N–H and O–H groups in total. The number of aromatic nitrogens is 2. The Morgan fingerprint density at radius 3 is 2.75 bits per heavy atom. The number of aliphatic hydroxyl groups is 1. The fraction of sp³-hybridized carbons (Fsp3) is 0.174. The number of rotatable bonds is 7. The molecule has 0 fully saturated rings. The van der Waals surface area contributed by atoms with Crippen LogP contribution in [0.4, 0.5) is 17.1 Å². The van der Waals surface area contributed by atoms with E-state index in [1.807, 2.05) is 12.1 Å². The van der Waals surface area contributed by atoms with Crippen LogP contribution >= 0.6 is 0 Å². The van der Waals surface area contributed by atoms with Crippen LogP contribution in [0.2, 0.25) is 0 Å². The fourth-order valence-corrected chi connectivity index (χ4v) is 3.42. The van der Waals surface area contributed by atoms with Crippen molar-refractivity contribution in [2.24, 2.45) is 0 Å². The molecule has 0 aliphatic carbocycles. The Labute approximate surface area is 164 Å². The van der Waals surface area contributed by atoms with E-state index in [9.17, 15) is 5.11 Å². The summed E-state index contributed by atoms with van der Waals surface area (Å²) in [6.45, 7) is 2.92. The number of hydrogen-bond donors (Lipinski definition) is 4. The molecule has 0 saturated heterocycles. The molecule has 2 aromatic heterocycles. The number of benzene rings is 2. The molecular formula is C23H24N4O. The van der Waals surface area contributed by atoms with Crippen LogP contribution in [-0.4, -0.2) is 21.6 Å². The van der Waals surface area contributed by atoms with Gasteiger partial charge in [-0.3, -0.25) is 4.98 Å². The molecule has 5 nitrogen and oxygen atoms in total. The van der Waals surface area contributed by atoms with E-state index in [0.717, 1.165) is 30.0 Å². The van der Waals surface area contributed by atoms with Gasteiger partial charge in [-0.1, -0.05) is 18.2 Å². The normalized spacial score (nSPS) is 10.9. The molecule has 2 aromatic carbocycles. The minimum Gasteiger partial charge on any atom is -0.390 e. The Kier molecular flexibility index (Phi) is 5.26. The van der Waals surface area contributed by atoms with E-state index in [2.05, 4.69) is 76.2 Å². The number of pyridine rings is 1. The van der Waals surface area contributed by atoms with E-state index in [-0.39, 0.29) is 6.61 Å². The molecule has 2 heterocycles. The number of nitrogens with one attached hydrogen (secondary N) is 3. The molecule has 0 unspecified atom stereocenters. The van der Waals surface area contributed by atoms with E-state index >= 15 is 0 Å². The van der Waals surface area contributed by atoms with Crippen LogP contribution in [-0.2, 0) is 13.0 Å². The molecule has 142 valence electrons. The number of aliphatic hydroxyl groups excluding tert-OH is 1. The maximum Gasteiger partial charge on any atom is 0.0853 e. The zero-order valence-corrected chi connectivity index (χ0v) is 15.9. The third kappa shape index (κ3) is 4.00. The van der Waals surface area contributed by atoms with Gasteiger partial charge in [0.15, 0.2) is 0 Å². The van der Waals surface area contributed by atoms with Gasteiger partial charge >= 0.3 is 0 Å². The van der Waals surface area contributed by atoms with Crippen LogP contribution in [0.15, 0.2) is 67.0 Å². The van der Waals surface area contributed by atoms with Crippen molar-refractivity contribution in [1.29, 1.82) is 0 Å². The maximum atomic E-state index is 9.22. The summed E-state index contributed by atoms with van der Waals surface area (Å²) in [7, 11) is 0. The molecule has 0 bridgehead atoms. The zero-order chi connectivity index (χ0) is 19.3. The van der Waals surface area contributed by atoms with Crippen molar-refractivity contribution in [2.75, 3.05) is 17.2 Å². The lowest BCUT2D eigenvalue weighted by Gasteiger charge is -2.13. The number of aryl methyl sites for hydroxylation is 1. The second-order valence-electron chi connectivity index (χ2n) is 6.88. The third-order valence-corrected chi connectivity index (χ3v) is 4.88. The first kappa shape index (κ1) is 18.1. The molecule has 0 spiro atoms. The highest BCUT2D eigenvalue weighted by Crippen LogP contribution is 2.24. The molecule has 0 radical (unpaired) electrons. The number of fused-ring (bicyclic) bond motifs is 1. The largest absolute Gasteiger partial charge is 0.390 e. The summed E-state index contributed by atoms with van der Waals surface area (Å²) in [6.07, 6.45) is 4.76. The van der Waals surface area contributed by atoms with Gasteiger partial charge in [0.2, 0.25) is 0 Å². The number of H-pyrrole nitrogens is 1. The summed E-state index contributed by atoms with van der Waals surface area (Å²) in [5.74, 6) is 0. The van der Waals surface area contributed by atoms with Gasteiger partial charge in [0.25, 0.3) is 0 Å². The summed E-state index contributed by atoms with van der Waals surface area (Å²) in [6, 6.07) is 18.4. The summed E-state index contributed by atoms with van der Waals surface area (Å²) in [4.78, 5) is 7.43. The maximum absolute atomic E-state index is 9.22. The molecule has 5 heteroatoms. The van der Waals surface area contributed by atoms with Crippen molar-refractivity contribution in [1.82, 2.24) is 9.97 Å². The number of anilines is 3. The van der Waals surface area contributed by atoms with Crippen molar-refractivity contribution in [3.05, 3.63) is 83.8 Å². The first-order valence-corrected chi connectivity index (χ1v) is 9.45. The van der Waals surface area contributed by atoms with Crippen molar-refractivity contribution >= 4 is 28.0 Å². The average molecular weight is 372 g/mol.